The van der Waals surface area contributed by atoms with Crippen LogP contribution in [0.2, 0.25) is 0 Å². The van der Waals surface area contributed by atoms with Gasteiger partial charge in [-0.3, -0.25) is 11.3 Å². The monoisotopic (exact) mass is 240 g/mol. The van der Waals surface area contributed by atoms with Crippen LogP contribution in [0.5, 0.6) is 0 Å². The van der Waals surface area contributed by atoms with Gasteiger partial charge in [-0.25, -0.2) is 8.78 Å². The summed E-state index contributed by atoms with van der Waals surface area (Å²) in [5, 5.41) is 0. The molecule has 0 bridgehead atoms. The number of halogens is 2. The summed E-state index contributed by atoms with van der Waals surface area (Å²) in [6.45, 7) is 0. The smallest absolute Gasteiger partial charge is 0.159 e. The molecule has 1 aromatic rings. The molecular formula is C13H18F2N2. The summed E-state index contributed by atoms with van der Waals surface area (Å²) < 4.78 is 25.8. The van der Waals surface area contributed by atoms with E-state index in [0.717, 1.165) is 17.9 Å². The third-order valence-electron chi connectivity index (χ3n) is 3.32. The van der Waals surface area contributed by atoms with Crippen molar-refractivity contribution in [1.82, 2.24) is 5.43 Å². The van der Waals surface area contributed by atoms with E-state index in [1.165, 1.54) is 31.4 Å². The second-order valence-electron chi connectivity index (χ2n) is 4.84. The van der Waals surface area contributed by atoms with Gasteiger partial charge in [0, 0.05) is 6.04 Å². The van der Waals surface area contributed by atoms with Crippen LogP contribution in [0, 0.1) is 17.6 Å². The Morgan fingerprint density at radius 1 is 1.29 bits per heavy atom. The maximum atomic E-state index is 13.0. The average Bonchev–Trinajstić information content (AvgIpc) is 3.13. The molecule has 3 N–H and O–H groups in total. The highest BCUT2D eigenvalue weighted by Gasteiger charge is 2.22. The van der Waals surface area contributed by atoms with Crippen molar-refractivity contribution < 1.29 is 8.78 Å². The highest BCUT2D eigenvalue weighted by molar-refractivity contribution is 5.18. The summed E-state index contributed by atoms with van der Waals surface area (Å²) in [4.78, 5) is 0. The van der Waals surface area contributed by atoms with Crippen LogP contribution in [0.25, 0.3) is 0 Å². The molecule has 1 aliphatic rings. The van der Waals surface area contributed by atoms with E-state index in [-0.39, 0.29) is 6.04 Å². The number of hydrogen-bond donors (Lipinski definition) is 2. The van der Waals surface area contributed by atoms with Gasteiger partial charge in [-0.1, -0.05) is 18.9 Å². The van der Waals surface area contributed by atoms with Crippen LogP contribution in [0.1, 0.15) is 31.2 Å². The van der Waals surface area contributed by atoms with Crippen LogP contribution in [0.3, 0.4) is 0 Å². The normalized spacial score (nSPS) is 17.1. The molecule has 1 saturated carbocycles. The van der Waals surface area contributed by atoms with Gasteiger partial charge in [0.25, 0.3) is 0 Å². The van der Waals surface area contributed by atoms with Crippen molar-refractivity contribution in [2.45, 2.75) is 38.1 Å². The summed E-state index contributed by atoms with van der Waals surface area (Å²) in [5.41, 5.74) is 3.53. The molecule has 94 valence electrons. The van der Waals surface area contributed by atoms with E-state index in [9.17, 15) is 8.78 Å². The van der Waals surface area contributed by atoms with Gasteiger partial charge in [0.2, 0.25) is 0 Å². The Kier molecular flexibility index (Phi) is 4.07. The molecule has 1 aromatic carbocycles. The van der Waals surface area contributed by atoms with Gasteiger partial charge >= 0.3 is 0 Å². The van der Waals surface area contributed by atoms with E-state index >= 15 is 0 Å². The van der Waals surface area contributed by atoms with Gasteiger partial charge in [-0.05, 0) is 42.9 Å². The van der Waals surface area contributed by atoms with Gasteiger partial charge in [0.1, 0.15) is 0 Å². The van der Waals surface area contributed by atoms with E-state index in [1.807, 2.05) is 0 Å². The number of hydrogen-bond acceptors (Lipinski definition) is 2. The fourth-order valence-corrected chi connectivity index (χ4v) is 2.04. The van der Waals surface area contributed by atoms with Gasteiger partial charge in [0.15, 0.2) is 11.6 Å². The standard InChI is InChI=1S/C13H18F2N2/c14-12-6-4-10(8-13(12)15)7-11(17-16)5-3-9-1-2-9/h4,6,8-9,11,17H,1-3,5,7,16H2. The van der Waals surface area contributed by atoms with Gasteiger partial charge < -0.3 is 0 Å². The topological polar surface area (TPSA) is 38.0 Å². The molecule has 0 aromatic heterocycles. The molecule has 2 rings (SSSR count). The third-order valence-corrected chi connectivity index (χ3v) is 3.32. The zero-order chi connectivity index (χ0) is 12.3. The lowest BCUT2D eigenvalue weighted by molar-refractivity contribution is 0.459. The Hall–Kier alpha value is -1.00. The molecule has 0 radical (unpaired) electrons. The van der Waals surface area contributed by atoms with E-state index in [0.29, 0.717) is 6.42 Å². The van der Waals surface area contributed by atoms with Gasteiger partial charge in [-0.2, -0.15) is 0 Å². The minimum atomic E-state index is -0.802. The van der Waals surface area contributed by atoms with Crippen LogP contribution < -0.4 is 11.3 Å². The van der Waals surface area contributed by atoms with Crippen molar-refractivity contribution in [1.29, 1.82) is 0 Å². The molecule has 17 heavy (non-hydrogen) atoms. The first-order valence-electron chi connectivity index (χ1n) is 6.09. The van der Waals surface area contributed by atoms with Crippen LogP contribution in [-0.4, -0.2) is 6.04 Å². The zero-order valence-electron chi connectivity index (χ0n) is 9.76. The molecule has 1 atom stereocenters. The first-order chi connectivity index (χ1) is 8.19. The summed E-state index contributed by atoms with van der Waals surface area (Å²) >= 11 is 0. The van der Waals surface area contributed by atoms with E-state index in [2.05, 4.69) is 5.43 Å². The maximum Gasteiger partial charge on any atom is 0.159 e. The van der Waals surface area contributed by atoms with Crippen molar-refractivity contribution in [3.05, 3.63) is 35.4 Å². The number of nitrogens with one attached hydrogen (secondary N) is 1. The first kappa shape index (κ1) is 12.5. The number of hydrazine groups is 1. The predicted octanol–water partition coefficient (Wildman–Crippen LogP) is 2.53. The number of nitrogens with two attached hydrogens (primary N) is 1. The summed E-state index contributed by atoms with van der Waals surface area (Å²) in [6, 6.07) is 4.16. The molecule has 0 heterocycles. The van der Waals surface area contributed by atoms with Crippen molar-refractivity contribution >= 4 is 0 Å². The highest BCUT2D eigenvalue weighted by Crippen LogP contribution is 2.34. The fraction of sp³-hybridized carbons (Fsp3) is 0.538. The highest BCUT2D eigenvalue weighted by atomic mass is 19.2. The molecule has 1 fully saturated rings. The van der Waals surface area contributed by atoms with Gasteiger partial charge in [0.05, 0.1) is 0 Å². The van der Waals surface area contributed by atoms with Crippen LogP contribution in [-0.2, 0) is 6.42 Å². The summed E-state index contributed by atoms with van der Waals surface area (Å²) in [6.07, 6.45) is 5.43. The molecular weight excluding hydrogens is 222 g/mol. The Labute approximate surface area is 100 Å². The summed E-state index contributed by atoms with van der Waals surface area (Å²) in [5.74, 6) is 4.74. The lowest BCUT2D eigenvalue weighted by Crippen LogP contribution is -2.36. The SMILES string of the molecule is NNC(CCC1CC1)Cc1ccc(F)c(F)c1. The lowest BCUT2D eigenvalue weighted by Gasteiger charge is -2.15. The minimum absolute atomic E-state index is 0.139. The Bertz CT molecular complexity index is 378. The van der Waals surface area contributed by atoms with Crippen LogP contribution in [0.15, 0.2) is 18.2 Å². The zero-order valence-corrected chi connectivity index (χ0v) is 9.76. The van der Waals surface area contributed by atoms with E-state index < -0.39 is 11.6 Å². The molecule has 0 aliphatic heterocycles. The van der Waals surface area contributed by atoms with Crippen molar-refractivity contribution in [3.63, 3.8) is 0 Å². The molecule has 0 spiro atoms. The number of rotatable bonds is 6. The Morgan fingerprint density at radius 3 is 2.65 bits per heavy atom. The van der Waals surface area contributed by atoms with Gasteiger partial charge in [-0.15, -0.1) is 0 Å². The first-order valence-corrected chi connectivity index (χ1v) is 6.09. The van der Waals surface area contributed by atoms with Crippen LogP contribution in [0.4, 0.5) is 8.78 Å². The minimum Gasteiger partial charge on any atom is -0.271 e. The van der Waals surface area contributed by atoms with Crippen LogP contribution >= 0.6 is 0 Å². The quantitative estimate of drug-likeness (QED) is 0.592. The third kappa shape index (κ3) is 3.75. The van der Waals surface area contributed by atoms with E-state index in [4.69, 9.17) is 5.84 Å². The Balaban J connectivity index is 1.89. The van der Waals surface area contributed by atoms with Crippen molar-refractivity contribution in [2.75, 3.05) is 0 Å². The fourth-order valence-electron chi connectivity index (χ4n) is 2.04. The largest absolute Gasteiger partial charge is 0.271 e. The van der Waals surface area contributed by atoms with E-state index in [1.54, 1.807) is 6.07 Å². The summed E-state index contributed by atoms with van der Waals surface area (Å²) in [7, 11) is 0. The molecule has 1 aliphatic carbocycles. The maximum absolute atomic E-state index is 13.0. The predicted molar refractivity (Wildman–Crippen MR) is 63.1 cm³/mol. The van der Waals surface area contributed by atoms with Crippen molar-refractivity contribution in [3.8, 4) is 0 Å². The molecule has 0 amide bonds. The van der Waals surface area contributed by atoms with Crippen molar-refractivity contribution in [2.24, 2.45) is 11.8 Å². The molecule has 4 heteroatoms. The second-order valence-corrected chi connectivity index (χ2v) is 4.84. The molecule has 2 nitrogen and oxygen atoms in total. The number of benzene rings is 1. The molecule has 0 saturated heterocycles. The Morgan fingerprint density at radius 2 is 2.06 bits per heavy atom. The average molecular weight is 240 g/mol. The lowest BCUT2D eigenvalue weighted by atomic mass is 10.0. The second kappa shape index (κ2) is 5.56. The molecule has 1 unspecified atom stereocenters.